The Morgan fingerprint density at radius 3 is 2.71 bits per heavy atom. The van der Waals surface area contributed by atoms with Crippen LogP contribution in [0.3, 0.4) is 0 Å². The summed E-state index contributed by atoms with van der Waals surface area (Å²) in [6.07, 6.45) is 0.995. The molecule has 7 heteroatoms. The van der Waals surface area contributed by atoms with Crippen molar-refractivity contribution in [3.63, 3.8) is 0 Å². The van der Waals surface area contributed by atoms with Gasteiger partial charge in [-0.15, -0.1) is 10.2 Å². The lowest BCUT2D eigenvalue weighted by atomic mass is 10.3. The predicted octanol–water partition coefficient (Wildman–Crippen LogP) is 2.66. The van der Waals surface area contributed by atoms with E-state index >= 15 is 0 Å². The summed E-state index contributed by atoms with van der Waals surface area (Å²) in [6, 6.07) is 8.02. The van der Waals surface area contributed by atoms with Gasteiger partial charge in [-0.05, 0) is 25.5 Å². The summed E-state index contributed by atoms with van der Waals surface area (Å²) < 4.78 is 4.06. The number of carboxylic acids is 1. The summed E-state index contributed by atoms with van der Waals surface area (Å²) >= 11 is 1.21. The van der Waals surface area contributed by atoms with Crippen LogP contribution in [0.2, 0.25) is 0 Å². The Morgan fingerprint density at radius 1 is 1.33 bits per heavy atom. The Kier molecular flexibility index (Phi) is 3.59. The number of aryl methyl sites for hydroxylation is 1. The first-order valence-electron chi connectivity index (χ1n) is 6.85. The van der Waals surface area contributed by atoms with Gasteiger partial charge < -0.3 is 9.67 Å². The first kappa shape index (κ1) is 13.9. The number of hydrogen-bond acceptors (Lipinski definition) is 4. The summed E-state index contributed by atoms with van der Waals surface area (Å²) in [7, 11) is 0. The molecule has 1 aromatic carbocycles. The van der Waals surface area contributed by atoms with Crippen LogP contribution in [-0.2, 0) is 11.3 Å². The fourth-order valence-electron chi connectivity index (χ4n) is 2.37. The number of fused-ring (bicyclic) bond motifs is 3. The first-order valence-corrected chi connectivity index (χ1v) is 7.73. The van der Waals surface area contributed by atoms with Crippen molar-refractivity contribution in [3.8, 4) is 0 Å². The number of carbonyl (C=O) groups is 1. The Morgan fingerprint density at radius 2 is 2.05 bits per heavy atom. The van der Waals surface area contributed by atoms with Gasteiger partial charge in [0.1, 0.15) is 5.25 Å². The number of benzene rings is 1. The molecule has 1 atom stereocenters. The van der Waals surface area contributed by atoms with Gasteiger partial charge in [0.15, 0.2) is 5.16 Å². The fraction of sp³-hybridized carbons (Fsp3) is 0.357. The topological polar surface area (TPSA) is 72.4 Å². The van der Waals surface area contributed by atoms with Crippen LogP contribution in [0, 0.1) is 0 Å². The SMILES string of the molecule is CCCn1c2ccccc2n2c(S[C@@H](C)C(=O)O)nnc12. The average Bonchev–Trinajstić information content (AvgIpc) is 3.00. The molecule has 0 spiro atoms. The number of para-hydroxylation sites is 2. The van der Waals surface area contributed by atoms with E-state index in [0.29, 0.717) is 5.16 Å². The lowest BCUT2D eigenvalue weighted by Gasteiger charge is -2.02. The van der Waals surface area contributed by atoms with Crippen molar-refractivity contribution in [3.05, 3.63) is 24.3 Å². The van der Waals surface area contributed by atoms with Crippen LogP contribution >= 0.6 is 11.8 Å². The van der Waals surface area contributed by atoms with Crippen LogP contribution in [-0.4, -0.2) is 35.5 Å². The molecule has 0 aliphatic heterocycles. The van der Waals surface area contributed by atoms with Crippen molar-refractivity contribution in [2.75, 3.05) is 0 Å². The predicted molar refractivity (Wildman–Crippen MR) is 81.7 cm³/mol. The first-order chi connectivity index (χ1) is 10.1. The number of imidazole rings is 1. The van der Waals surface area contributed by atoms with Crippen LogP contribution < -0.4 is 0 Å². The molecule has 1 N–H and O–H groups in total. The summed E-state index contributed by atoms with van der Waals surface area (Å²) in [4.78, 5) is 11.0. The van der Waals surface area contributed by atoms with Gasteiger partial charge in [0.2, 0.25) is 5.78 Å². The molecule has 3 rings (SSSR count). The minimum atomic E-state index is -0.853. The number of hydrogen-bond donors (Lipinski definition) is 1. The third kappa shape index (κ3) is 2.27. The minimum absolute atomic E-state index is 0.564. The normalized spacial score (nSPS) is 13.0. The molecule has 3 aromatic rings. The van der Waals surface area contributed by atoms with E-state index < -0.39 is 11.2 Å². The van der Waals surface area contributed by atoms with E-state index in [-0.39, 0.29) is 0 Å². The van der Waals surface area contributed by atoms with Gasteiger partial charge in [0.05, 0.1) is 11.0 Å². The van der Waals surface area contributed by atoms with Crippen LogP contribution in [0.15, 0.2) is 29.4 Å². The quantitative estimate of drug-likeness (QED) is 0.734. The molecular formula is C14H16N4O2S. The Labute approximate surface area is 125 Å². The molecule has 0 aliphatic carbocycles. The van der Waals surface area contributed by atoms with Crippen molar-refractivity contribution in [2.24, 2.45) is 0 Å². The van der Waals surface area contributed by atoms with Crippen LogP contribution in [0.4, 0.5) is 0 Å². The molecule has 0 radical (unpaired) electrons. The molecule has 0 amide bonds. The minimum Gasteiger partial charge on any atom is -0.480 e. The van der Waals surface area contributed by atoms with Crippen molar-refractivity contribution in [1.29, 1.82) is 0 Å². The highest BCUT2D eigenvalue weighted by molar-refractivity contribution is 8.00. The van der Waals surface area contributed by atoms with Gasteiger partial charge >= 0.3 is 5.97 Å². The number of thioether (sulfide) groups is 1. The Balaban J connectivity index is 2.20. The van der Waals surface area contributed by atoms with Gasteiger partial charge in [0, 0.05) is 6.54 Å². The summed E-state index contributed by atoms with van der Waals surface area (Å²) in [6.45, 7) is 4.62. The molecule has 0 unspecified atom stereocenters. The highest BCUT2D eigenvalue weighted by Gasteiger charge is 2.20. The molecule has 2 aromatic heterocycles. The van der Waals surface area contributed by atoms with E-state index in [2.05, 4.69) is 27.8 Å². The molecule has 6 nitrogen and oxygen atoms in total. The van der Waals surface area contributed by atoms with Crippen LogP contribution in [0.25, 0.3) is 16.8 Å². The number of aromatic nitrogens is 4. The molecular weight excluding hydrogens is 288 g/mol. The van der Waals surface area contributed by atoms with E-state index in [1.165, 1.54) is 11.8 Å². The summed E-state index contributed by atoms with van der Waals surface area (Å²) in [5.74, 6) is -0.0906. The van der Waals surface area contributed by atoms with Gasteiger partial charge in [-0.2, -0.15) is 0 Å². The largest absolute Gasteiger partial charge is 0.480 e. The molecule has 110 valence electrons. The number of rotatable bonds is 5. The van der Waals surface area contributed by atoms with Crippen LogP contribution in [0.1, 0.15) is 20.3 Å². The van der Waals surface area contributed by atoms with Crippen molar-refractivity contribution in [2.45, 2.75) is 37.2 Å². The summed E-state index contributed by atoms with van der Waals surface area (Å²) in [5.41, 5.74) is 2.10. The molecule has 0 saturated carbocycles. The Hall–Kier alpha value is -2.02. The van der Waals surface area contributed by atoms with E-state index in [1.54, 1.807) is 6.92 Å². The maximum absolute atomic E-state index is 11.0. The number of nitrogens with zero attached hydrogens (tertiary/aromatic N) is 4. The second kappa shape index (κ2) is 5.40. The van der Waals surface area contributed by atoms with E-state index in [9.17, 15) is 4.79 Å². The fourth-order valence-corrected chi connectivity index (χ4v) is 3.16. The van der Waals surface area contributed by atoms with Gasteiger partial charge in [-0.25, -0.2) is 0 Å². The zero-order valence-electron chi connectivity index (χ0n) is 11.9. The number of aliphatic carboxylic acids is 1. The van der Waals surface area contributed by atoms with E-state index in [4.69, 9.17) is 5.11 Å². The maximum atomic E-state index is 11.0. The Bertz CT molecular complexity index is 808. The standard InChI is InChI=1S/C14H16N4O2S/c1-3-8-17-10-6-4-5-7-11(10)18-13(17)15-16-14(18)21-9(2)12(19)20/h4-7,9H,3,8H2,1-2H3,(H,19,20)/t9-/m0/s1. The second-order valence-corrected chi connectivity index (χ2v) is 6.16. The molecule has 2 heterocycles. The van der Waals surface area contributed by atoms with Gasteiger partial charge in [-0.1, -0.05) is 30.8 Å². The van der Waals surface area contributed by atoms with Crippen molar-refractivity contribution in [1.82, 2.24) is 19.2 Å². The molecule has 0 bridgehead atoms. The lowest BCUT2D eigenvalue weighted by Crippen LogP contribution is -2.11. The lowest BCUT2D eigenvalue weighted by molar-refractivity contribution is -0.136. The van der Waals surface area contributed by atoms with E-state index in [0.717, 1.165) is 29.8 Å². The smallest absolute Gasteiger partial charge is 0.316 e. The molecule has 0 fully saturated rings. The third-order valence-corrected chi connectivity index (χ3v) is 4.38. The zero-order valence-corrected chi connectivity index (χ0v) is 12.7. The average molecular weight is 304 g/mol. The second-order valence-electron chi connectivity index (χ2n) is 4.86. The maximum Gasteiger partial charge on any atom is 0.316 e. The van der Waals surface area contributed by atoms with Crippen molar-refractivity contribution >= 4 is 34.5 Å². The molecule has 0 saturated heterocycles. The van der Waals surface area contributed by atoms with Gasteiger partial charge in [-0.3, -0.25) is 9.20 Å². The molecule has 21 heavy (non-hydrogen) atoms. The van der Waals surface area contributed by atoms with E-state index in [1.807, 2.05) is 22.6 Å². The van der Waals surface area contributed by atoms with Gasteiger partial charge in [0.25, 0.3) is 0 Å². The number of carboxylic acid groups (broad SMARTS) is 1. The van der Waals surface area contributed by atoms with Crippen molar-refractivity contribution < 1.29 is 9.90 Å². The zero-order chi connectivity index (χ0) is 15.0. The highest BCUT2D eigenvalue weighted by atomic mass is 32.2. The monoisotopic (exact) mass is 304 g/mol. The highest BCUT2D eigenvalue weighted by Crippen LogP contribution is 2.28. The molecule has 0 aliphatic rings. The van der Waals surface area contributed by atoms with Crippen LogP contribution in [0.5, 0.6) is 0 Å². The summed E-state index contributed by atoms with van der Waals surface area (Å²) in [5, 5.41) is 17.5. The third-order valence-electron chi connectivity index (χ3n) is 3.35.